The van der Waals surface area contributed by atoms with Gasteiger partial charge in [0, 0.05) is 17.8 Å². The first-order chi connectivity index (χ1) is 14.9. The van der Waals surface area contributed by atoms with Gasteiger partial charge in [-0.2, -0.15) is 0 Å². The smallest absolute Gasteiger partial charge is 0.271 e. The summed E-state index contributed by atoms with van der Waals surface area (Å²) in [6.45, 7) is 4.28. The van der Waals surface area contributed by atoms with Gasteiger partial charge in [0.15, 0.2) is 4.34 Å². The number of hydrogen-bond donors (Lipinski definition) is 2. The Labute approximate surface area is 187 Å². The van der Waals surface area contributed by atoms with E-state index in [1.165, 1.54) is 54.0 Å². The monoisotopic (exact) mass is 459 g/mol. The molecule has 0 aliphatic carbocycles. The summed E-state index contributed by atoms with van der Waals surface area (Å²) in [6, 6.07) is 12.1. The topological polar surface area (TPSA) is 119 Å². The molecule has 1 heterocycles. The van der Waals surface area contributed by atoms with Crippen molar-refractivity contribution in [3.05, 3.63) is 58.1 Å². The fraction of sp³-hybridized carbons (Fsp3) is 0.250. The van der Waals surface area contributed by atoms with Crippen LogP contribution < -0.4 is 15.4 Å². The van der Waals surface area contributed by atoms with Crippen LogP contribution in [0.25, 0.3) is 0 Å². The van der Waals surface area contributed by atoms with Crippen molar-refractivity contribution in [3.8, 4) is 5.75 Å². The number of nitrogens with one attached hydrogen (secondary N) is 2. The highest BCUT2D eigenvalue weighted by Gasteiger charge is 2.15. The van der Waals surface area contributed by atoms with Crippen LogP contribution in [0, 0.1) is 10.1 Å². The maximum atomic E-state index is 12.3. The molecule has 2 aromatic carbocycles. The minimum absolute atomic E-state index is 0.0730. The number of aromatic nitrogens is 2. The number of benzene rings is 2. The lowest BCUT2D eigenvalue weighted by atomic mass is 10.0. The van der Waals surface area contributed by atoms with E-state index >= 15 is 0 Å². The first kappa shape index (κ1) is 22.5. The zero-order valence-electron chi connectivity index (χ0n) is 17.1. The van der Waals surface area contributed by atoms with Crippen molar-refractivity contribution in [2.24, 2.45) is 0 Å². The summed E-state index contributed by atoms with van der Waals surface area (Å²) in [5.41, 5.74) is 2.27. The molecule has 0 atom stereocenters. The number of nitro benzene ring substituents is 1. The number of non-ortho nitro benzene ring substituents is 1. The maximum Gasteiger partial charge on any atom is 0.271 e. The summed E-state index contributed by atoms with van der Waals surface area (Å²) in [5.74, 6) is 0.545. The SMILES string of the molecule is COc1ccc([N+](=O)[O-])cc1NC(=O)CSc1nnc(Nc2ccc(C(C)C)cc2)s1. The number of anilines is 3. The third-order valence-corrected chi connectivity index (χ3v) is 6.20. The lowest BCUT2D eigenvalue weighted by Gasteiger charge is -2.09. The van der Waals surface area contributed by atoms with Crippen LogP contribution in [-0.2, 0) is 4.79 Å². The van der Waals surface area contributed by atoms with Gasteiger partial charge in [0.2, 0.25) is 11.0 Å². The number of thioether (sulfide) groups is 1. The minimum atomic E-state index is -0.532. The van der Waals surface area contributed by atoms with Gasteiger partial charge in [-0.15, -0.1) is 10.2 Å². The number of rotatable bonds is 9. The number of methoxy groups -OCH3 is 1. The molecule has 0 bridgehead atoms. The Balaban J connectivity index is 1.56. The van der Waals surface area contributed by atoms with Gasteiger partial charge in [0.25, 0.3) is 5.69 Å². The fourth-order valence-corrected chi connectivity index (χ4v) is 4.19. The largest absolute Gasteiger partial charge is 0.495 e. The average molecular weight is 460 g/mol. The molecule has 3 rings (SSSR count). The number of hydrogen-bond acceptors (Lipinski definition) is 9. The maximum absolute atomic E-state index is 12.3. The number of nitro groups is 1. The van der Waals surface area contributed by atoms with Gasteiger partial charge in [-0.1, -0.05) is 49.1 Å². The second-order valence-corrected chi connectivity index (χ2v) is 8.95. The molecule has 0 spiro atoms. The van der Waals surface area contributed by atoms with Crippen LogP contribution in [0.4, 0.5) is 22.2 Å². The molecule has 2 N–H and O–H groups in total. The molecule has 0 unspecified atom stereocenters. The second kappa shape index (κ2) is 10.2. The van der Waals surface area contributed by atoms with Gasteiger partial charge < -0.3 is 15.4 Å². The number of nitrogens with zero attached hydrogens (tertiary/aromatic N) is 3. The quantitative estimate of drug-likeness (QED) is 0.259. The molecule has 0 saturated carbocycles. The van der Waals surface area contributed by atoms with Crippen molar-refractivity contribution in [2.45, 2.75) is 24.1 Å². The zero-order valence-corrected chi connectivity index (χ0v) is 18.8. The van der Waals surface area contributed by atoms with Crippen LogP contribution in [-0.4, -0.2) is 33.9 Å². The van der Waals surface area contributed by atoms with E-state index in [1.54, 1.807) is 0 Å². The summed E-state index contributed by atoms with van der Waals surface area (Å²) in [4.78, 5) is 22.7. The highest BCUT2D eigenvalue weighted by atomic mass is 32.2. The molecule has 3 aromatic rings. The molecule has 0 aliphatic heterocycles. The first-order valence-corrected chi connectivity index (χ1v) is 11.1. The van der Waals surface area contributed by atoms with E-state index < -0.39 is 4.92 Å². The standard InChI is InChI=1S/C20H21N5O4S2/c1-12(2)13-4-6-14(7-5-13)21-19-23-24-20(31-19)30-11-18(26)22-16-10-15(25(27)28)8-9-17(16)29-3/h4-10,12H,11H2,1-3H3,(H,21,23)(H,22,26). The number of carbonyl (C=O) groups excluding carboxylic acids is 1. The average Bonchev–Trinajstić information content (AvgIpc) is 3.20. The number of carbonyl (C=O) groups is 1. The van der Waals surface area contributed by atoms with E-state index in [2.05, 4.69) is 46.8 Å². The van der Waals surface area contributed by atoms with Crippen LogP contribution in [0.5, 0.6) is 5.75 Å². The molecule has 162 valence electrons. The van der Waals surface area contributed by atoms with Crippen molar-refractivity contribution >= 4 is 51.2 Å². The third kappa shape index (κ3) is 6.15. The van der Waals surface area contributed by atoms with Gasteiger partial charge in [0.1, 0.15) is 5.75 Å². The Morgan fingerprint density at radius 1 is 1.23 bits per heavy atom. The summed E-state index contributed by atoms with van der Waals surface area (Å²) in [5, 5.41) is 25.6. The van der Waals surface area contributed by atoms with E-state index in [-0.39, 0.29) is 23.0 Å². The summed E-state index contributed by atoms with van der Waals surface area (Å²) < 4.78 is 5.78. The van der Waals surface area contributed by atoms with E-state index in [9.17, 15) is 14.9 Å². The zero-order chi connectivity index (χ0) is 22.4. The molecule has 11 heteroatoms. The Hall–Kier alpha value is -3.18. The predicted molar refractivity (Wildman–Crippen MR) is 123 cm³/mol. The van der Waals surface area contributed by atoms with Crippen LogP contribution in [0.3, 0.4) is 0 Å². The van der Waals surface area contributed by atoms with E-state index in [4.69, 9.17) is 4.74 Å². The van der Waals surface area contributed by atoms with Crippen molar-refractivity contribution < 1.29 is 14.5 Å². The highest BCUT2D eigenvalue weighted by Crippen LogP contribution is 2.31. The van der Waals surface area contributed by atoms with Gasteiger partial charge >= 0.3 is 0 Å². The van der Waals surface area contributed by atoms with Gasteiger partial charge in [-0.3, -0.25) is 14.9 Å². The van der Waals surface area contributed by atoms with Gasteiger partial charge in [-0.05, 0) is 29.7 Å². The number of amides is 1. The molecule has 9 nitrogen and oxygen atoms in total. The molecule has 0 fully saturated rings. The Bertz CT molecular complexity index is 1070. The van der Waals surface area contributed by atoms with Gasteiger partial charge in [-0.25, -0.2) is 0 Å². The van der Waals surface area contributed by atoms with E-state index in [0.29, 0.717) is 21.1 Å². The second-order valence-electron chi connectivity index (χ2n) is 6.75. The summed E-state index contributed by atoms with van der Waals surface area (Å²) in [6.07, 6.45) is 0. The molecule has 0 radical (unpaired) electrons. The molecular formula is C20H21N5O4S2. The van der Waals surface area contributed by atoms with Crippen LogP contribution in [0.2, 0.25) is 0 Å². The summed E-state index contributed by atoms with van der Waals surface area (Å²) in [7, 11) is 1.43. The molecule has 0 saturated heterocycles. The Kier molecular flexibility index (Phi) is 7.42. The molecule has 1 aromatic heterocycles. The Morgan fingerprint density at radius 3 is 2.61 bits per heavy atom. The Morgan fingerprint density at radius 2 is 1.97 bits per heavy atom. The number of ether oxygens (including phenoxy) is 1. The predicted octanol–water partition coefficient (Wildman–Crippen LogP) is 5.05. The first-order valence-electron chi connectivity index (χ1n) is 9.31. The van der Waals surface area contributed by atoms with E-state index in [1.807, 2.05) is 12.1 Å². The third-order valence-electron chi connectivity index (χ3n) is 4.23. The lowest BCUT2D eigenvalue weighted by molar-refractivity contribution is -0.384. The molecule has 0 aliphatic rings. The van der Waals surface area contributed by atoms with Crippen molar-refractivity contribution in [3.63, 3.8) is 0 Å². The fourth-order valence-electron chi connectivity index (χ4n) is 2.61. The minimum Gasteiger partial charge on any atom is -0.495 e. The molecule has 31 heavy (non-hydrogen) atoms. The van der Waals surface area contributed by atoms with Crippen molar-refractivity contribution in [2.75, 3.05) is 23.5 Å². The van der Waals surface area contributed by atoms with Crippen LogP contribution in [0.15, 0.2) is 46.8 Å². The summed E-state index contributed by atoms with van der Waals surface area (Å²) >= 11 is 2.56. The molecule has 1 amide bonds. The molecular weight excluding hydrogens is 438 g/mol. The van der Waals surface area contributed by atoms with Crippen molar-refractivity contribution in [1.29, 1.82) is 0 Å². The van der Waals surface area contributed by atoms with Crippen LogP contribution in [0.1, 0.15) is 25.3 Å². The van der Waals surface area contributed by atoms with E-state index in [0.717, 1.165) is 5.69 Å². The lowest BCUT2D eigenvalue weighted by Crippen LogP contribution is -2.14. The van der Waals surface area contributed by atoms with Crippen molar-refractivity contribution in [1.82, 2.24) is 10.2 Å². The highest BCUT2D eigenvalue weighted by molar-refractivity contribution is 8.01. The normalized spacial score (nSPS) is 10.7. The van der Waals surface area contributed by atoms with Crippen LogP contribution >= 0.6 is 23.1 Å². The van der Waals surface area contributed by atoms with Gasteiger partial charge in [0.05, 0.1) is 23.5 Å².